The largest absolute Gasteiger partial charge is 0.388 e. The van der Waals surface area contributed by atoms with Gasteiger partial charge in [-0.2, -0.15) is 0 Å². The molecule has 0 saturated carbocycles. The van der Waals surface area contributed by atoms with Crippen LogP contribution in [0.2, 0.25) is 0 Å². The van der Waals surface area contributed by atoms with Crippen molar-refractivity contribution in [1.82, 2.24) is 10.3 Å². The molecule has 1 aromatic heterocycles. The predicted molar refractivity (Wildman–Crippen MR) is 110 cm³/mol. The minimum Gasteiger partial charge on any atom is -0.388 e. The molecule has 1 aliphatic carbocycles. The second-order valence-electron chi connectivity index (χ2n) is 7.36. The Bertz CT molecular complexity index is 700. The Hall–Kier alpha value is -2.16. The van der Waals surface area contributed by atoms with Crippen molar-refractivity contribution in [2.75, 3.05) is 13.2 Å². The number of aromatic nitrogens is 1. The zero-order valence-electron chi connectivity index (χ0n) is 16.2. The molecular formula is C23H31FN2. The molecule has 0 fully saturated rings. The van der Waals surface area contributed by atoms with Crippen LogP contribution in [0.15, 0.2) is 49.8 Å². The van der Waals surface area contributed by atoms with Crippen molar-refractivity contribution in [3.63, 3.8) is 0 Å². The second kappa shape index (κ2) is 8.98. The summed E-state index contributed by atoms with van der Waals surface area (Å²) in [5.74, 6) is 0.0111. The van der Waals surface area contributed by atoms with Gasteiger partial charge in [0.2, 0.25) is 0 Å². The van der Waals surface area contributed by atoms with E-state index >= 15 is 0 Å². The average Bonchev–Trinajstić information content (AvgIpc) is 2.67. The van der Waals surface area contributed by atoms with Gasteiger partial charge in [-0.3, -0.25) is 9.37 Å². The highest BCUT2D eigenvalue weighted by Gasteiger charge is 2.27. The van der Waals surface area contributed by atoms with Crippen LogP contribution >= 0.6 is 0 Å². The van der Waals surface area contributed by atoms with E-state index in [1.165, 1.54) is 11.1 Å². The number of allylic oxidation sites excluding steroid dienone is 3. The van der Waals surface area contributed by atoms with E-state index in [0.717, 1.165) is 36.2 Å². The van der Waals surface area contributed by atoms with Crippen molar-refractivity contribution in [2.45, 2.75) is 39.5 Å². The molecule has 2 unspecified atom stereocenters. The molecular weight excluding hydrogens is 323 g/mol. The molecule has 3 heteroatoms. The molecule has 0 bridgehead atoms. The standard InChI is InChI=1S/C23H31FN2/c1-6-19(15-24)16-26-18(4)23(5,7-2)14-17(3)22-21-11-9-8-10-20(21)12-13-25-22/h7,9,11-13,19,26H,2-4,6,8,10,14-16H2,1,5H3. The Balaban J connectivity index is 2.14. The number of hydrogen-bond donors (Lipinski definition) is 1. The molecule has 1 aromatic rings. The summed E-state index contributed by atoms with van der Waals surface area (Å²) in [5.41, 5.74) is 4.91. The number of fused-ring (bicyclic) bond motifs is 1. The number of halogens is 1. The first-order valence-corrected chi connectivity index (χ1v) is 9.40. The maximum absolute atomic E-state index is 13.0. The van der Waals surface area contributed by atoms with Crippen LogP contribution in [0, 0.1) is 11.3 Å². The summed E-state index contributed by atoms with van der Waals surface area (Å²) >= 11 is 0. The third kappa shape index (κ3) is 4.51. The summed E-state index contributed by atoms with van der Waals surface area (Å²) in [4.78, 5) is 4.59. The van der Waals surface area contributed by atoms with Gasteiger partial charge in [0.25, 0.3) is 0 Å². The van der Waals surface area contributed by atoms with Crippen LogP contribution in [0.1, 0.15) is 49.9 Å². The van der Waals surface area contributed by atoms with E-state index in [4.69, 9.17) is 0 Å². The van der Waals surface area contributed by atoms with Crippen molar-refractivity contribution in [2.24, 2.45) is 11.3 Å². The second-order valence-corrected chi connectivity index (χ2v) is 7.36. The lowest BCUT2D eigenvalue weighted by Crippen LogP contribution is -2.31. The molecule has 0 aromatic carbocycles. The fourth-order valence-corrected chi connectivity index (χ4v) is 3.25. The molecule has 2 atom stereocenters. The van der Waals surface area contributed by atoms with Gasteiger partial charge in [0.15, 0.2) is 0 Å². The van der Waals surface area contributed by atoms with Gasteiger partial charge in [-0.25, -0.2) is 0 Å². The monoisotopic (exact) mass is 354 g/mol. The molecule has 0 saturated heterocycles. The maximum Gasteiger partial charge on any atom is 0.0939 e. The van der Waals surface area contributed by atoms with Crippen molar-refractivity contribution in [3.05, 3.63) is 66.7 Å². The van der Waals surface area contributed by atoms with E-state index < -0.39 is 0 Å². The third-order valence-electron chi connectivity index (χ3n) is 5.40. The molecule has 0 spiro atoms. The summed E-state index contributed by atoms with van der Waals surface area (Å²) < 4.78 is 13.0. The van der Waals surface area contributed by atoms with Gasteiger partial charge in [-0.1, -0.05) is 45.2 Å². The van der Waals surface area contributed by atoms with Crippen molar-refractivity contribution in [1.29, 1.82) is 0 Å². The molecule has 1 heterocycles. The smallest absolute Gasteiger partial charge is 0.0939 e. The minimum absolute atomic E-state index is 0.0111. The number of nitrogens with one attached hydrogen (secondary N) is 1. The fraction of sp³-hybridized carbons (Fsp3) is 0.435. The van der Waals surface area contributed by atoms with Gasteiger partial charge < -0.3 is 5.32 Å². The Morgan fingerprint density at radius 1 is 1.46 bits per heavy atom. The van der Waals surface area contributed by atoms with Gasteiger partial charge in [-0.15, -0.1) is 6.58 Å². The normalized spacial score (nSPS) is 16.3. The van der Waals surface area contributed by atoms with E-state index in [-0.39, 0.29) is 18.0 Å². The number of aryl methyl sites for hydroxylation is 1. The van der Waals surface area contributed by atoms with E-state index in [1.807, 2.05) is 19.2 Å². The first-order chi connectivity index (χ1) is 12.4. The van der Waals surface area contributed by atoms with E-state index in [9.17, 15) is 4.39 Å². The summed E-state index contributed by atoms with van der Waals surface area (Å²) in [6.45, 7) is 16.9. The van der Waals surface area contributed by atoms with Gasteiger partial charge in [0.1, 0.15) is 0 Å². The molecule has 1 aliphatic rings. The quantitative estimate of drug-likeness (QED) is 0.542. The summed E-state index contributed by atoms with van der Waals surface area (Å²) in [6.07, 6.45) is 11.7. The topological polar surface area (TPSA) is 24.9 Å². The fourth-order valence-electron chi connectivity index (χ4n) is 3.25. The molecule has 26 heavy (non-hydrogen) atoms. The Labute approximate surface area is 157 Å². The average molecular weight is 355 g/mol. The number of rotatable bonds is 10. The SMILES string of the molecule is C=CC(C)(CC(=C)c1nccc2c1C=CCC2)C(=C)NCC(CC)CF. The van der Waals surface area contributed by atoms with Crippen LogP contribution in [0.25, 0.3) is 11.6 Å². The third-order valence-corrected chi connectivity index (χ3v) is 5.40. The lowest BCUT2D eigenvalue weighted by atomic mass is 9.79. The van der Waals surface area contributed by atoms with E-state index in [1.54, 1.807) is 0 Å². The van der Waals surface area contributed by atoms with E-state index in [0.29, 0.717) is 13.0 Å². The van der Waals surface area contributed by atoms with Gasteiger partial charge in [0.05, 0.1) is 12.4 Å². The molecule has 140 valence electrons. The zero-order chi connectivity index (χ0) is 19.2. The highest BCUT2D eigenvalue weighted by atomic mass is 19.1. The van der Waals surface area contributed by atoms with E-state index in [2.05, 4.69) is 55.2 Å². The molecule has 1 N–H and O–H groups in total. The van der Waals surface area contributed by atoms with Crippen LogP contribution in [0.5, 0.6) is 0 Å². The summed E-state index contributed by atoms with van der Waals surface area (Å²) in [6, 6.07) is 2.09. The summed E-state index contributed by atoms with van der Waals surface area (Å²) in [5, 5.41) is 3.31. The first kappa shape index (κ1) is 20.2. The van der Waals surface area contributed by atoms with Gasteiger partial charge >= 0.3 is 0 Å². The number of alkyl halides is 1. The molecule has 0 aliphatic heterocycles. The van der Waals surface area contributed by atoms with Crippen molar-refractivity contribution < 1.29 is 4.39 Å². The lowest BCUT2D eigenvalue weighted by molar-refractivity contribution is 0.337. The predicted octanol–water partition coefficient (Wildman–Crippen LogP) is 5.74. The first-order valence-electron chi connectivity index (χ1n) is 9.40. The Kier molecular flexibility index (Phi) is 6.96. The van der Waals surface area contributed by atoms with Crippen molar-refractivity contribution >= 4 is 11.6 Å². The molecule has 0 amide bonds. The van der Waals surface area contributed by atoms with Gasteiger partial charge in [0, 0.05) is 35.3 Å². The van der Waals surface area contributed by atoms with Crippen LogP contribution in [-0.4, -0.2) is 18.2 Å². The van der Waals surface area contributed by atoms with Crippen LogP contribution in [0.3, 0.4) is 0 Å². The Morgan fingerprint density at radius 3 is 2.88 bits per heavy atom. The number of pyridine rings is 1. The molecule has 0 radical (unpaired) electrons. The highest BCUT2D eigenvalue weighted by Crippen LogP contribution is 2.37. The molecule has 2 nitrogen and oxygen atoms in total. The van der Waals surface area contributed by atoms with Crippen molar-refractivity contribution in [3.8, 4) is 0 Å². The lowest BCUT2D eigenvalue weighted by Gasteiger charge is -2.31. The van der Waals surface area contributed by atoms with Crippen LogP contribution in [-0.2, 0) is 6.42 Å². The van der Waals surface area contributed by atoms with Crippen LogP contribution in [0.4, 0.5) is 4.39 Å². The summed E-state index contributed by atoms with van der Waals surface area (Å²) in [7, 11) is 0. The minimum atomic E-state index is -0.367. The highest BCUT2D eigenvalue weighted by molar-refractivity contribution is 5.73. The number of nitrogens with zero attached hydrogens (tertiary/aromatic N) is 1. The maximum atomic E-state index is 13.0. The Morgan fingerprint density at radius 2 is 2.23 bits per heavy atom. The van der Waals surface area contributed by atoms with Crippen LogP contribution < -0.4 is 5.32 Å². The zero-order valence-corrected chi connectivity index (χ0v) is 16.2. The van der Waals surface area contributed by atoms with Gasteiger partial charge in [-0.05, 0) is 42.9 Å². The number of hydrogen-bond acceptors (Lipinski definition) is 2. The molecule has 2 rings (SSSR count).